The van der Waals surface area contributed by atoms with Crippen molar-refractivity contribution in [3.63, 3.8) is 0 Å². The van der Waals surface area contributed by atoms with Gasteiger partial charge in [-0.05, 0) is 31.0 Å². The van der Waals surface area contributed by atoms with Crippen LogP contribution in [0.15, 0.2) is 30.6 Å². The second-order valence-corrected chi connectivity index (χ2v) is 5.58. The second-order valence-electron chi connectivity index (χ2n) is 5.58. The number of aromatic amines is 1. The molecule has 108 valence electrons. The van der Waals surface area contributed by atoms with E-state index < -0.39 is 5.82 Å². The number of nitrogens with zero attached hydrogens (tertiary/aromatic N) is 2. The second kappa shape index (κ2) is 4.25. The van der Waals surface area contributed by atoms with E-state index in [4.69, 9.17) is 11.1 Å². The molecule has 21 heavy (non-hydrogen) atoms. The Kier molecular flexibility index (Phi) is 2.48. The van der Waals surface area contributed by atoms with Crippen LogP contribution in [-0.2, 0) is 0 Å². The van der Waals surface area contributed by atoms with Crippen molar-refractivity contribution in [2.24, 2.45) is 0 Å². The lowest BCUT2D eigenvalue weighted by molar-refractivity contribution is 0.632. The SMILES string of the molecule is N=C1c2c[nH]cc2N(C2CC2)CN1c1ccc(N)c(F)c1. The van der Waals surface area contributed by atoms with Crippen molar-refractivity contribution in [2.45, 2.75) is 18.9 Å². The van der Waals surface area contributed by atoms with E-state index in [1.54, 1.807) is 12.1 Å². The Morgan fingerprint density at radius 1 is 1.29 bits per heavy atom. The van der Waals surface area contributed by atoms with Gasteiger partial charge in [0.05, 0.1) is 23.6 Å². The molecule has 0 unspecified atom stereocenters. The standard InChI is InChI=1S/C15H16FN5/c16-12-5-10(3-4-13(12)17)21-8-20(9-1-2-9)14-7-19-6-11(14)15(21)18/h3-7,9,18-19H,1-2,8,17H2. The Balaban J connectivity index is 1.76. The molecule has 0 atom stereocenters. The number of aromatic nitrogens is 1. The summed E-state index contributed by atoms with van der Waals surface area (Å²) in [4.78, 5) is 7.16. The van der Waals surface area contributed by atoms with Gasteiger partial charge in [0.25, 0.3) is 0 Å². The predicted octanol–water partition coefficient (Wildman–Crippen LogP) is 2.51. The molecule has 2 aromatic rings. The zero-order chi connectivity index (χ0) is 14.6. The molecule has 0 spiro atoms. The van der Waals surface area contributed by atoms with Crippen molar-refractivity contribution in [3.05, 3.63) is 42.0 Å². The third-order valence-corrected chi connectivity index (χ3v) is 4.14. The fraction of sp³-hybridized carbons (Fsp3) is 0.267. The van der Waals surface area contributed by atoms with Crippen LogP contribution in [0.4, 0.5) is 21.5 Å². The first-order valence-corrected chi connectivity index (χ1v) is 7.00. The van der Waals surface area contributed by atoms with Crippen LogP contribution in [0.3, 0.4) is 0 Å². The Hall–Kier alpha value is -2.50. The summed E-state index contributed by atoms with van der Waals surface area (Å²) in [6, 6.07) is 5.22. The molecule has 1 saturated carbocycles. The molecule has 5 nitrogen and oxygen atoms in total. The van der Waals surface area contributed by atoms with E-state index in [1.807, 2.05) is 17.3 Å². The molecule has 1 aliphatic carbocycles. The molecule has 6 heteroatoms. The van der Waals surface area contributed by atoms with Gasteiger partial charge in [-0.2, -0.15) is 0 Å². The number of H-pyrrole nitrogens is 1. The molecule has 1 aliphatic heterocycles. The number of anilines is 3. The van der Waals surface area contributed by atoms with Crippen LogP contribution in [0, 0.1) is 11.2 Å². The van der Waals surface area contributed by atoms with E-state index in [0.29, 0.717) is 24.2 Å². The van der Waals surface area contributed by atoms with Gasteiger partial charge in [-0.25, -0.2) is 4.39 Å². The molecule has 0 radical (unpaired) electrons. The molecule has 0 saturated heterocycles. The minimum atomic E-state index is -0.446. The number of rotatable bonds is 2. The van der Waals surface area contributed by atoms with Gasteiger partial charge in [0.15, 0.2) is 0 Å². The van der Waals surface area contributed by atoms with Crippen LogP contribution < -0.4 is 15.5 Å². The number of hydrogen-bond acceptors (Lipinski definition) is 3. The Morgan fingerprint density at radius 2 is 2.10 bits per heavy atom. The van der Waals surface area contributed by atoms with Crippen LogP contribution >= 0.6 is 0 Å². The van der Waals surface area contributed by atoms with Gasteiger partial charge in [-0.1, -0.05) is 0 Å². The first-order chi connectivity index (χ1) is 10.1. The van der Waals surface area contributed by atoms with Gasteiger partial charge in [0.1, 0.15) is 11.7 Å². The highest BCUT2D eigenvalue weighted by Gasteiger charge is 2.37. The quantitative estimate of drug-likeness (QED) is 0.742. The molecule has 2 aliphatic rings. The fourth-order valence-electron chi connectivity index (χ4n) is 2.82. The topological polar surface area (TPSA) is 72.1 Å². The number of benzene rings is 1. The monoisotopic (exact) mass is 285 g/mol. The Morgan fingerprint density at radius 3 is 2.81 bits per heavy atom. The summed E-state index contributed by atoms with van der Waals surface area (Å²) in [6.45, 7) is 0.567. The number of hydrogen-bond donors (Lipinski definition) is 3. The number of nitrogen functional groups attached to an aromatic ring is 1. The first-order valence-electron chi connectivity index (χ1n) is 7.00. The summed E-state index contributed by atoms with van der Waals surface area (Å²) in [7, 11) is 0. The smallest absolute Gasteiger partial charge is 0.148 e. The first kappa shape index (κ1) is 12.3. The lowest BCUT2D eigenvalue weighted by atomic mass is 10.1. The molecule has 1 fully saturated rings. The molecule has 4 rings (SSSR count). The van der Waals surface area contributed by atoms with Gasteiger partial charge in [0, 0.05) is 24.1 Å². The largest absolute Gasteiger partial charge is 0.396 e. The van der Waals surface area contributed by atoms with Crippen LogP contribution in [-0.4, -0.2) is 23.5 Å². The zero-order valence-corrected chi connectivity index (χ0v) is 11.4. The zero-order valence-electron chi connectivity index (χ0n) is 11.4. The number of nitrogens with two attached hydrogens (primary N) is 1. The summed E-state index contributed by atoms with van der Waals surface area (Å²) in [6.07, 6.45) is 6.10. The maximum absolute atomic E-state index is 13.7. The number of amidine groups is 1. The normalized spacial score (nSPS) is 18.0. The van der Waals surface area contributed by atoms with Crippen molar-refractivity contribution in [2.75, 3.05) is 22.2 Å². The molecule has 1 aromatic heterocycles. The highest BCUT2D eigenvalue weighted by Crippen LogP contribution is 2.38. The molecule has 0 bridgehead atoms. The van der Waals surface area contributed by atoms with Gasteiger partial charge in [0.2, 0.25) is 0 Å². The number of nitrogens with one attached hydrogen (secondary N) is 2. The van der Waals surface area contributed by atoms with E-state index in [-0.39, 0.29) is 5.69 Å². The Bertz CT molecular complexity index is 719. The molecule has 2 heterocycles. The van der Waals surface area contributed by atoms with Crippen LogP contribution in [0.5, 0.6) is 0 Å². The molecule has 4 N–H and O–H groups in total. The fourth-order valence-corrected chi connectivity index (χ4v) is 2.82. The molecule has 0 amide bonds. The summed E-state index contributed by atoms with van der Waals surface area (Å²) >= 11 is 0. The molecular weight excluding hydrogens is 269 g/mol. The van der Waals surface area contributed by atoms with Gasteiger partial charge < -0.3 is 20.5 Å². The lowest BCUT2D eigenvalue weighted by Gasteiger charge is -2.38. The van der Waals surface area contributed by atoms with Crippen molar-refractivity contribution in [1.82, 2.24) is 4.98 Å². The summed E-state index contributed by atoms with van der Waals surface area (Å²) < 4.78 is 13.7. The maximum Gasteiger partial charge on any atom is 0.148 e. The number of halogens is 1. The van der Waals surface area contributed by atoms with Crippen molar-refractivity contribution in [1.29, 1.82) is 5.41 Å². The van der Waals surface area contributed by atoms with E-state index in [1.165, 1.54) is 18.9 Å². The minimum Gasteiger partial charge on any atom is -0.396 e. The van der Waals surface area contributed by atoms with E-state index in [2.05, 4.69) is 9.88 Å². The average Bonchev–Trinajstić information content (AvgIpc) is 3.19. The third-order valence-electron chi connectivity index (χ3n) is 4.14. The van der Waals surface area contributed by atoms with Gasteiger partial charge >= 0.3 is 0 Å². The predicted molar refractivity (Wildman–Crippen MR) is 81.3 cm³/mol. The molecular formula is C15H16FN5. The van der Waals surface area contributed by atoms with Gasteiger partial charge in [-0.15, -0.1) is 0 Å². The van der Waals surface area contributed by atoms with Crippen LogP contribution in [0.25, 0.3) is 0 Å². The lowest BCUT2D eigenvalue weighted by Crippen LogP contribution is -2.47. The van der Waals surface area contributed by atoms with E-state index in [9.17, 15) is 4.39 Å². The van der Waals surface area contributed by atoms with Crippen LogP contribution in [0.2, 0.25) is 0 Å². The highest BCUT2D eigenvalue weighted by atomic mass is 19.1. The highest BCUT2D eigenvalue weighted by molar-refractivity contribution is 6.13. The van der Waals surface area contributed by atoms with Crippen molar-refractivity contribution < 1.29 is 4.39 Å². The average molecular weight is 285 g/mol. The third kappa shape index (κ3) is 1.86. The number of fused-ring (bicyclic) bond motifs is 1. The maximum atomic E-state index is 13.7. The Labute approximate surface area is 121 Å². The summed E-state index contributed by atoms with van der Waals surface area (Å²) in [5, 5.41) is 8.38. The van der Waals surface area contributed by atoms with Crippen molar-refractivity contribution >= 4 is 22.9 Å². The van der Waals surface area contributed by atoms with Crippen LogP contribution in [0.1, 0.15) is 18.4 Å². The molecule has 1 aromatic carbocycles. The van der Waals surface area contributed by atoms with E-state index >= 15 is 0 Å². The van der Waals surface area contributed by atoms with Gasteiger partial charge in [-0.3, -0.25) is 5.41 Å². The summed E-state index contributed by atoms with van der Waals surface area (Å²) in [5.41, 5.74) is 8.24. The van der Waals surface area contributed by atoms with E-state index in [0.717, 1.165) is 11.3 Å². The minimum absolute atomic E-state index is 0.128. The summed E-state index contributed by atoms with van der Waals surface area (Å²) in [5.74, 6) is -0.0644. The van der Waals surface area contributed by atoms with Crippen molar-refractivity contribution in [3.8, 4) is 0 Å².